The Labute approximate surface area is 95.8 Å². The average molecular weight is 219 g/mol. The van der Waals surface area contributed by atoms with Crippen molar-refractivity contribution in [2.24, 2.45) is 0 Å². The highest BCUT2D eigenvalue weighted by Crippen LogP contribution is 2.31. The largest absolute Gasteiger partial charge is 0.492 e. The van der Waals surface area contributed by atoms with Gasteiger partial charge in [-0.3, -0.25) is 4.79 Å². The van der Waals surface area contributed by atoms with Crippen LogP contribution in [-0.2, 0) is 6.42 Å². The zero-order chi connectivity index (χ0) is 11.8. The number of carbonyl (C=O) groups is 1. The third-order valence-corrected chi connectivity index (χ3v) is 3.15. The van der Waals surface area contributed by atoms with E-state index < -0.39 is 5.54 Å². The maximum Gasteiger partial charge on any atom is 0.185 e. The van der Waals surface area contributed by atoms with Crippen molar-refractivity contribution in [3.63, 3.8) is 0 Å². The van der Waals surface area contributed by atoms with Gasteiger partial charge >= 0.3 is 0 Å². The van der Waals surface area contributed by atoms with E-state index in [9.17, 15) is 4.79 Å². The molecule has 1 aromatic rings. The summed E-state index contributed by atoms with van der Waals surface area (Å²) in [6, 6.07) is 5.78. The summed E-state index contributed by atoms with van der Waals surface area (Å²) >= 11 is 0. The number of para-hydroxylation sites is 1. The molecule has 16 heavy (non-hydrogen) atoms. The Kier molecular flexibility index (Phi) is 2.72. The fourth-order valence-corrected chi connectivity index (χ4v) is 1.84. The first kappa shape index (κ1) is 11.1. The van der Waals surface area contributed by atoms with Crippen LogP contribution < -0.4 is 10.1 Å². The van der Waals surface area contributed by atoms with Crippen LogP contribution in [0.1, 0.15) is 29.8 Å². The molecule has 0 bridgehead atoms. The number of Topliss-reactive ketones (excluding diaryl/α,β-unsaturated/α-hetero) is 1. The molecule has 1 aromatic carbocycles. The number of hydrogen-bond donors (Lipinski definition) is 1. The number of ether oxygens (including phenoxy) is 1. The molecule has 86 valence electrons. The average Bonchev–Trinajstić information content (AvgIpc) is 2.75. The summed E-state index contributed by atoms with van der Waals surface area (Å²) < 4.78 is 5.54. The molecule has 2 rings (SSSR count). The van der Waals surface area contributed by atoms with Crippen LogP contribution in [0.4, 0.5) is 0 Å². The molecule has 0 amide bonds. The minimum Gasteiger partial charge on any atom is -0.492 e. The second-order valence-electron chi connectivity index (χ2n) is 4.60. The number of rotatable bonds is 3. The maximum absolute atomic E-state index is 12.3. The van der Waals surface area contributed by atoms with Crippen molar-refractivity contribution in [3.05, 3.63) is 29.3 Å². The first-order valence-electron chi connectivity index (χ1n) is 5.54. The minimum absolute atomic E-state index is 0.0775. The number of hydrogen-bond acceptors (Lipinski definition) is 3. The Morgan fingerprint density at radius 1 is 1.44 bits per heavy atom. The first-order valence-corrected chi connectivity index (χ1v) is 5.54. The fraction of sp³-hybridized carbons (Fsp3) is 0.462. The van der Waals surface area contributed by atoms with Crippen molar-refractivity contribution in [1.82, 2.24) is 5.32 Å². The van der Waals surface area contributed by atoms with E-state index in [2.05, 4.69) is 5.32 Å². The number of nitrogens with one attached hydrogen (secondary N) is 1. The number of ketones is 1. The van der Waals surface area contributed by atoms with Crippen molar-refractivity contribution in [3.8, 4) is 5.75 Å². The molecule has 0 saturated carbocycles. The van der Waals surface area contributed by atoms with Crippen LogP contribution in [0, 0.1) is 0 Å². The van der Waals surface area contributed by atoms with E-state index in [1.807, 2.05) is 32.0 Å². The molecule has 1 aliphatic rings. The highest BCUT2D eigenvalue weighted by atomic mass is 16.5. The van der Waals surface area contributed by atoms with Gasteiger partial charge in [-0.15, -0.1) is 0 Å². The molecule has 1 heterocycles. The summed E-state index contributed by atoms with van der Waals surface area (Å²) in [6.45, 7) is 4.44. The molecule has 0 saturated heterocycles. The van der Waals surface area contributed by atoms with Crippen LogP contribution in [0.3, 0.4) is 0 Å². The van der Waals surface area contributed by atoms with E-state index in [1.54, 1.807) is 7.05 Å². The predicted octanol–water partition coefficient (Wildman–Crippen LogP) is 1.80. The molecule has 1 N–H and O–H groups in total. The minimum atomic E-state index is -0.554. The van der Waals surface area contributed by atoms with Gasteiger partial charge in [0.05, 0.1) is 17.7 Å². The van der Waals surface area contributed by atoms with Gasteiger partial charge in [0.1, 0.15) is 5.75 Å². The molecule has 3 nitrogen and oxygen atoms in total. The molecule has 0 atom stereocenters. The van der Waals surface area contributed by atoms with Gasteiger partial charge in [0.2, 0.25) is 0 Å². The fourth-order valence-electron chi connectivity index (χ4n) is 1.84. The van der Waals surface area contributed by atoms with Gasteiger partial charge in [0, 0.05) is 6.42 Å². The van der Waals surface area contributed by atoms with Gasteiger partial charge in [0.15, 0.2) is 5.78 Å². The van der Waals surface area contributed by atoms with Crippen molar-refractivity contribution in [2.75, 3.05) is 13.7 Å². The van der Waals surface area contributed by atoms with E-state index >= 15 is 0 Å². The van der Waals surface area contributed by atoms with Gasteiger partial charge in [-0.25, -0.2) is 0 Å². The molecule has 1 aliphatic heterocycles. The first-order chi connectivity index (χ1) is 7.56. The highest BCUT2D eigenvalue weighted by molar-refractivity contribution is 6.05. The lowest BCUT2D eigenvalue weighted by Crippen LogP contribution is -2.44. The lowest BCUT2D eigenvalue weighted by Gasteiger charge is -2.23. The smallest absolute Gasteiger partial charge is 0.185 e. The van der Waals surface area contributed by atoms with Crippen molar-refractivity contribution >= 4 is 5.78 Å². The molecule has 0 radical (unpaired) electrons. The zero-order valence-corrected chi connectivity index (χ0v) is 9.96. The molecule has 0 fully saturated rings. The number of benzene rings is 1. The number of likely N-dealkylation sites (N-methyl/N-ethyl adjacent to an activating group) is 1. The van der Waals surface area contributed by atoms with Gasteiger partial charge in [-0.1, -0.05) is 12.1 Å². The quantitative estimate of drug-likeness (QED) is 0.788. The van der Waals surface area contributed by atoms with Crippen molar-refractivity contribution < 1.29 is 9.53 Å². The Hall–Kier alpha value is -1.35. The predicted molar refractivity (Wildman–Crippen MR) is 63.1 cm³/mol. The zero-order valence-electron chi connectivity index (χ0n) is 9.96. The molecular formula is C13H17NO2. The normalized spacial score (nSPS) is 14.4. The summed E-state index contributed by atoms with van der Waals surface area (Å²) in [4.78, 5) is 12.3. The summed E-state index contributed by atoms with van der Waals surface area (Å²) in [5, 5.41) is 3.03. The molecule has 0 spiro atoms. The van der Waals surface area contributed by atoms with E-state index in [1.165, 1.54) is 0 Å². The van der Waals surface area contributed by atoms with E-state index in [0.29, 0.717) is 12.2 Å². The summed E-state index contributed by atoms with van der Waals surface area (Å²) in [7, 11) is 1.79. The Balaban J connectivity index is 2.42. The Morgan fingerprint density at radius 2 is 2.19 bits per heavy atom. The van der Waals surface area contributed by atoms with Gasteiger partial charge in [0.25, 0.3) is 0 Å². The standard InChI is InChI=1S/C13H17NO2/c1-13(2,14-3)12(15)10-6-4-5-9-7-8-16-11(9)10/h4-6,14H,7-8H2,1-3H3. The van der Waals surface area contributed by atoms with E-state index in [-0.39, 0.29) is 5.78 Å². The molecule has 3 heteroatoms. The lowest BCUT2D eigenvalue weighted by molar-refractivity contribution is 0.0886. The monoisotopic (exact) mass is 219 g/mol. The summed E-state index contributed by atoms with van der Waals surface area (Å²) in [6.07, 6.45) is 0.899. The van der Waals surface area contributed by atoms with E-state index in [0.717, 1.165) is 17.7 Å². The summed E-state index contributed by atoms with van der Waals surface area (Å²) in [5.74, 6) is 0.851. The maximum atomic E-state index is 12.3. The molecule has 0 aliphatic carbocycles. The van der Waals surface area contributed by atoms with Crippen molar-refractivity contribution in [2.45, 2.75) is 25.8 Å². The summed E-state index contributed by atoms with van der Waals surface area (Å²) in [5.41, 5.74) is 1.27. The molecule has 0 unspecified atom stereocenters. The van der Waals surface area contributed by atoms with Crippen LogP contribution in [0.5, 0.6) is 5.75 Å². The van der Waals surface area contributed by atoms with Crippen LogP contribution in [0.2, 0.25) is 0 Å². The van der Waals surface area contributed by atoms with Crippen LogP contribution in [0.15, 0.2) is 18.2 Å². The van der Waals surface area contributed by atoms with E-state index in [4.69, 9.17) is 4.74 Å². The van der Waals surface area contributed by atoms with Crippen LogP contribution in [0.25, 0.3) is 0 Å². The van der Waals surface area contributed by atoms with Crippen LogP contribution >= 0.6 is 0 Å². The molecule has 0 aromatic heterocycles. The second kappa shape index (κ2) is 3.91. The number of fused-ring (bicyclic) bond motifs is 1. The third kappa shape index (κ3) is 1.71. The van der Waals surface area contributed by atoms with Crippen LogP contribution in [-0.4, -0.2) is 25.0 Å². The highest BCUT2D eigenvalue weighted by Gasteiger charge is 2.30. The van der Waals surface area contributed by atoms with Gasteiger partial charge < -0.3 is 10.1 Å². The van der Waals surface area contributed by atoms with Crippen molar-refractivity contribution in [1.29, 1.82) is 0 Å². The third-order valence-electron chi connectivity index (χ3n) is 3.15. The topological polar surface area (TPSA) is 38.3 Å². The SMILES string of the molecule is CNC(C)(C)C(=O)c1cccc2c1OCC2. The second-order valence-corrected chi connectivity index (χ2v) is 4.60. The lowest BCUT2D eigenvalue weighted by atomic mass is 9.92. The molecular weight excluding hydrogens is 202 g/mol. The van der Waals surface area contributed by atoms with Gasteiger partial charge in [-0.2, -0.15) is 0 Å². The Bertz CT molecular complexity index is 424. The Morgan fingerprint density at radius 3 is 2.88 bits per heavy atom. The van der Waals surface area contributed by atoms with Gasteiger partial charge in [-0.05, 0) is 32.5 Å². The number of carbonyl (C=O) groups excluding carboxylic acids is 1.